The van der Waals surface area contributed by atoms with Crippen molar-refractivity contribution in [3.05, 3.63) is 69.3 Å². The molecule has 6 rings (SSSR count). The van der Waals surface area contributed by atoms with E-state index < -0.39 is 15.8 Å². The van der Waals surface area contributed by atoms with E-state index in [4.69, 9.17) is 0 Å². The second-order valence-corrected chi connectivity index (χ2v) is 45.1. The van der Waals surface area contributed by atoms with Crippen molar-refractivity contribution >= 4 is 45.3 Å². The fourth-order valence-corrected chi connectivity index (χ4v) is 58.2. The number of halogens is 2. The van der Waals surface area contributed by atoms with E-state index in [1.54, 1.807) is 0 Å². The molecule has 3 saturated carbocycles. The Hall–Kier alpha value is -0.847. The SMILES string of the molecule is CC(C)=C[CH]=[Ru]([Cl])([Cl])(=[C]1N(c2c(C)cc(C)cc2C)CCN1c1c(C)cc(C)cc1C)[PH](C1CCCCC1)(C1CCCCC1)C1CCCCC1. The summed E-state index contributed by atoms with van der Waals surface area (Å²) in [4.78, 5) is 5.47. The topological polar surface area (TPSA) is 6.48 Å². The molecule has 0 N–H and O–H groups in total. The van der Waals surface area contributed by atoms with Gasteiger partial charge in [0, 0.05) is 0 Å². The summed E-state index contributed by atoms with van der Waals surface area (Å²) in [7, 11) is 14.1. The van der Waals surface area contributed by atoms with Crippen LogP contribution in [0.2, 0.25) is 0 Å². The van der Waals surface area contributed by atoms with E-state index in [0.29, 0.717) is 17.0 Å². The predicted octanol–water partition coefficient (Wildman–Crippen LogP) is 13.4. The first-order chi connectivity index (χ1) is 23.8. The van der Waals surface area contributed by atoms with Crippen LogP contribution in [0, 0.1) is 41.5 Å². The molecule has 2 nitrogen and oxygen atoms in total. The summed E-state index contributed by atoms with van der Waals surface area (Å²) < 4.78 is 3.96. The average Bonchev–Trinajstić information content (AvgIpc) is 3.50. The molecule has 0 bridgehead atoms. The normalized spacial score (nSPS) is 21.6. The Morgan fingerprint density at radius 3 is 1.20 bits per heavy atom. The number of hydrogen-bond donors (Lipinski definition) is 0. The van der Waals surface area contributed by atoms with Crippen molar-refractivity contribution in [1.29, 1.82) is 0 Å². The minimum absolute atomic E-state index is 0.696. The van der Waals surface area contributed by atoms with Crippen molar-refractivity contribution in [2.45, 2.75) is 169 Å². The van der Waals surface area contributed by atoms with Gasteiger partial charge in [0.25, 0.3) is 0 Å². The number of allylic oxidation sites excluding steroid dienone is 2. The van der Waals surface area contributed by atoms with Gasteiger partial charge in [0.1, 0.15) is 0 Å². The quantitative estimate of drug-likeness (QED) is 0.203. The monoisotopic (exact) mass is 827 g/mol. The molecular weight excluding hydrogens is 759 g/mol. The molecule has 50 heavy (non-hydrogen) atoms. The number of anilines is 2. The van der Waals surface area contributed by atoms with Crippen molar-refractivity contribution in [3.63, 3.8) is 0 Å². The van der Waals surface area contributed by atoms with Crippen LogP contribution >= 0.6 is 25.0 Å². The molecule has 0 aromatic heterocycles. The van der Waals surface area contributed by atoms with Crippen LogP contribution in [0.1, 0.15) is 144 Å². The van der Waals surface area contributed by atoms with E-state index in [9.17, 15) is 19.4 Å². The number of benzene rings is 2. The number of rotatable bonds is 7. The first-order valence-corrected chi connectivity index (χ1v) is 31.1. The van der Waals surface area contributed by atoms with Crippen molar-refractivity contribution < 1.29 is 10.2 Å². The van der Waals surface area contributed by atoms with Crippen LogP contribution in [0.15, 0.2) is 35.9 Å². The van der Waals surface area contributed by atoms with Gasteiger partial charge in [-0.2, -0.15) is 0 Å². The molecule has 1 heterocycles. The Balaban J connectivity index is 1.86. The van der Waals surface area contributed by atoms with Gasteiger partial charge < -0.3 is 0 Å². The minimum atomic E-state index is -4.77. The van der Waals surface area contributed by atoms with Crippen molar-refractivity contribution in [2.24, 2.45) is 0 Å². The predicted molar refractivity (Wildman–Crippen MR) is 227 cm³/mol. The molecule has 0 radical (unpaired) electrons. The Labute approximate surface area is 314 Å². The van der Waals surface area contributed by atoms with Gasteiger partial charge in [-0.25, -0.2) is 0 Å². The van der Waals surface area contributed by atoms with Gasteiger partial charge in [-0.05, 0) is 0 Å². The third kappa shape index (κ3) is 6.84. The van der Waals surface area contributed by atoms with Crippen LogP contribution in [0.4, 0.5) is 11.4 Å². The van der Waals surface area contributed by atoms with E-state index >= 15 is 0 Å². The fraction of sp³-hybridized carbons (Fsp3) is 0.636. The summed E-state index contributed by atoms with van der Waals surface area (Å²) in [5.74, 6) is 0. The molecule has 3 aliphatic carbocycles. The maximum absolute atomic E-state index is 9.41. The van der Waals surface area contributed by atoms with Gasteiger partial charge in [-0.1, -0.05) is 0 Å². The van der Waals surface area contributed by atoms with Crippen molar-refractivity contribution in [2.75, 3.05) is 22.9 Å². The first-order valence-electron chi connectivity index (χ1n) is 20.1. The second-order valence-electron chi connectivity index (χ2n) is 17.0. The summed E-state index contributed by atoms with van der Waals surface area (Å²) >= 11 is 0. The van der Waals surface area contributed by atoms with Crippen LogP contribution in [-0.4, -0.2) is 39.0 Å². The van der Waals surface area contributed by atoms with Gasteiger partial charge in [0.2, 0.25) is 0 Å². The zero-order valence-corrected chi connectivity index (χ0v) is 37.0. The molecule has 4 fully saturated rings. The number of aryl methyl sites for hydroxylation is 6. The van der Waals surface area contributed by atoms with E-state index in [1.165, 1.54) is 151 Å². The van der Waals surface area contributed by atoms with Crippen LogP contribution in [0.5, 0.6) is 0 Å². The summed E-state index contributed by atoms with van der Waals surface area (Å²) in [6.45, 7) is 20.2. The van der Waals surface area contributed by atoms with E-state index in [2.05, 4.69) is 100 Å². The summed E-state index contributed by atoms with van der Waals surface area (Å²) in [5.41, 5.74) is 11.6. The van der Waals surface area contributed by atoms with Crippen LogP contribution < -0.4 is 9.80 Å². The van der Waals surface area contributed by atoms with Gasteiger partial charge >= 0.3 is 316 Å². The molecule has 281 valence electrons. The standard InChI is InChI=1S/C21H26N2.C18H33P.C5H8.2ClH.Ru/c1-14-9-16(3)20(17(4)10-14)22-7-8-23(13-22)21-18(5)11-15(2)12-19(21)6;1-4-10-16(11-5-1)19(17-12-6-2-7-13-17)18-14-8-3-9-15-18;1-4-5(2)3;;;/h9-12H,7-8H2,1-6H3;16-18H,1-15H2;1,4H,2-3H3;2*1H;/q;;;;;+1/p-1. The second kappa shape index (κ2) is 15.5. The molecule has 0 amide bonds. The van der Waals surface area contributed by atoms with Crippen LogP contribution in [0.3, 0.4) is 0 Å². The average molecular weight is 828 g/mol. The molecule has 1 saturated heterocycles. The zero-order valence-electron chi connectivity index (χ0n) is 32.7. The Kier molecular flexibility index (Phi) is 12.0. The Morgan fingerprint density at radius 1 is 0.580 bits per heavy atom. The van der Waals surface area contributed by atoms with Gasteiger partial charge in [-0.3, -0.25) is 0 Å². The Bertz CT molecular complexity index is 1590. The molecule has 0 atom stereocenters. The van der Waals surface area contributed by atoms with Crippen LogP contribution in [0.25, 0.3) is 0 Å². The first kappa shape index (κ1) is 38.9. The third-order valence-electron chi connectivity index (χ3n) is 12.9. The molecule has 0 spiro atoms. The van der Waals surface area contributed by atoms with E-state index in [-0.39, 0.29) is 0 Å². The summed E-state index contributed by atoms with van der Waals surface area (Å²) in [6.07, 6.45) is 22.7. The van der Waals surface area contributed by atoms with Crippen molar-refractivity contribution in [1.82, 2.24) is 0 Å². The molecule has 2 aromatic carbocycles. The molecule has 2 aromatic rings. The Morgan fingerprint density at radius 2 is 0.900 bits per heavy atom. The van der Waals surface area contributed by atoms with Crippen LogP contribution in [-0.2, 0) is 10.2 Å². The van der Waals surface area contributed by atoms with Gasteiger partial charge in [-0.15, -0.1) is 0 Å². The molecule has 1 aliphatic heterocycles. The molecule has 4 aliphatic rings. The molecule has 0 unspecified atom stereocenters. The number of hydrogen-bond acceptors (Lipinski definition) is 2. The molecular formula is C44H68Cl2N2PRu. The van der Waals surface area contributed by atoms with Gasteiger partial charge in [0.05, 0.1) is 0 Å². The van der Waals surface area contributed by atoms with Gasteiger partial charge in [0.15, 0.2) is 0 Å². The summed E-state index contributed by atoms with van der Waals surface area (Å²) in [5, 5.41) is 0. The zero-order chi connectivity index (χ0) is 35.9. The molecule has 6 heteroatoms. The summed E-state index contributed by atoms with van der Waals surface area (Å²) in [6, 6.07) is 9.56. The maximum atomic E-state index is 9.41. The van der Waals surface area contributed by atoms with E-state index in [1.807, 2.05) is 0 Å². The van der Waals surface area contributed by atoms with E-state index in [0.717, 1.165) is 13.1 Å². The number of nitrogens with zero attached hydrogens (tertiary/aromatic N) is 2. The third-order valence-corrected chi connectivity index (χ3v) is 50.1. The fourth-order valence-electron chi connectivity index (χ4n) is 11.4. The van der Waals surface area contributed by atoms with Crippen molar-refractivity contribution in [3.8, 4) is 0 Å².